The Morgan fingerprint density at radius 1 is 0.900 bits per heavy atom. The maximum atomic E-state index is 13.0. The molecule has 0 saturated heterocycles. The zero-order valence-corrected chi connectivity index (χ0v) is 22.8. The van der Waals surface area contributed by atoms with E-state index in [0.29, 0.717) is 35.1 Å². The van der Waals surface area contributed by atoms with E-state index in [-0.39, 0.29) is 11.5 Å². The number of carbonyl (C=O) groups excluding carboxylic acids is 1. The largest absolute Gasteiger partial charge is 0.415 e. The quantitative estimate of drug-likeness (QED) is 0.450. The molecular formula is C25H46O3Si2. The molecule has 0 aromatic carbocycles. The van der Waals surface area contributed by atoms with Crippen LogP contribution in [0.15, 0.2) is 0 Å². The minimum atomic E-state index is -1.69. The summed E-state index contributed by atoms with van der Waals surface area (Å²) in [6, 6.07) is 0. The van der Waals surface area contributed by atoms with Gasteiger partial charge in [0.15, 0.2) is 16.6 Å². The second-order valence-corrected chi connectivity index (χ2v) is 22.5. The van der Waals surface area contributed by atoms with E-state index in [2.05, 4.69) is 53.1 Å². The number of hydrogen-bond donors (Lipinski definition) is 0. The Labute approximate surface area is 187 Å². The lowest BCUT2D eigenvalue weighted by Crippen LogP contribution is -2.61. The predicted molar refractivity (Wildman–Crippen MR) is 129 cm³/mol. The Hall–Kier alpha value is 0.0238. The number of fused-ring (bicyclic) bond motifs is 5. The fourth-order valence-electron chi connectivity index (χ4n) is 8.25. The highest BCUT2D eigenvalue weighted by Crippen LogP contribution is 2.66. The SMILES string of the molecule is C[C@]12CC[C@@H](O[Si](C)(C)C)C[C@H]1CC[C@@H]1[C@@H]2[C@@H](O[Si](C)(C)C)C[C@]2(C)C(=O)CC[C@@H]12. The smallest absolute Gasteiger partial charge is 0.184 e. The lowest BCUT2D eigenvalue weighted by Gasteiger charge is -2.63. The molecule has 4 aliphatic carbocycles. The molecule has 0 aromatic heterocycles. The zero-order chi connectivity index (χ0) is 22.1. The van der Waals surface area contributed by atoms with E-state index in [1.807, 2.05) is 0 Å². The van der Waals surface area contributed by atoms with Gasteiger partial charge in [-0.2, -0.15) is 0 Å². The first kappa shape index (κ1) is 23.2. The van der Waals surface area contributed by atoms with Crippen LogP contribution in [-0.4, -0.2) is 34.6 Å². The van der Waals surface area contributed by atoms with Crippen LogP contribution in [0, 0.1) is 34.5 Å². The molecule has 4 fully saturated rings. The first-order valence-corrected chi connectivity index (χ1v) is 19.4. The second kappa shape index (κ2) is 7.53. The van der Waals surface area contributed by atoms with Crippen LogP contribution in [0.1, 0.15) is 65.2 Å². The maximum absolute atomic E-state index is 13.0. The fraction of sp³-hybridized carbons (Fsp3) is 0.960. The third-order valence-corrected chi connectivity index (χ3v) is 11.3. The summed E-state index contributed by atoms with van der Waals surface area (Å²) >= 11 is 0. The second-order valence-electron chi connectivity index (χ2n) is 13.6. The third kappa shape index (κ3) is 4.06. The molecule has 0 spiro atoms. The van der Waals surface area contributed by atoms with Crippen molar-refractivity contribution in [2.45, 2.75) is 117 Å². The Kier molecular flexibility index (Phi) is 5.82. The van der Waals surface area contributed by atoms with E-state index < -0.39 is 16.6 Å². The van der Waals surface area contributed by atoms with Gasteiger partial charge in [-0.1, -0.05) is 13.8 Å². The molecule has 0 N–H and O–H groups in total. The first-order chi connectivity index (χ1) is 13.7. The van der Waals surface area contributed by atoms with Crippen LogP contribution in [-0.2, 0) is 13.6 Å². The Bertz CT molecular complexity index is 681. The van der Waals surface area contributed by atoms with E-state index in [0.717, 1.165) is 25.2 Å². The van der Waals surface area contributed by atoms with Crippen molar-refractivity contribution in [3.05, 3.63) is 0 Å². The van der Waals surface area contributed by atoms with Crippen LogP contribution < -0.4 is 0 Å². The van der Waals surface area contributed by atoms with Crippen molar-refractivity contribution >= 4 is 22.4 Å². The van der Waals surface area contributed by atoms with Crippen LogP contribution >= 0.6 is 0 Å². The molecule has 0 unspecified atom stereocenters. The Morgan fingerprint density at radius 3 is 2.20 bits per heavy atom. The molecule has 0 aliphatic heterocycles. The highest BCUT2D eigenvalue weighted by molar-refractivity contribution is 6.70. The van der Waals surface area contributed by atoms with E-state index >= 15 is 0 Å². The van der Waals surface area contributed by atoms with Crippen molar-refractivity contribution in [1.82, 2.24) is 0 Å². The van der Waals surface area contributed by atoms with E-state index in [1.54, 1.807) is 0 Å². The number of rotatable bonds is 4. The van der Waals surface area contributed by atoms with Gasteiger partial charge in [-0.05, 0) is 113 Å². The molecule has 8 atom stereocenters. The van der Waals surface area contributed by atoms with Crippen molar-refractivity contribution in [3.63, 3.8) is 0 Å². The van der Waals surface area contributed by atoms with Crippen LogP contribution in [0.25, 0.3) is 0 Å². The lowest BCUT2D eigenvalue weighted by atomic mass is 9.44. The van der Waals surface area contributed by atoms with Gasteiger partial charge in [-0.3, -0.25) is 4.79 Å². The summed E-state index contributed by atoms with van der Waals surface area (Å²) < 4.78 is 13.5. The summed E-state index contributed by atoms with van der Waals surface area (Å²) in [5, 5.41) is 0. The maximum Gasteiger partial charge on any atom is 0.184 e. The molecule has 0 radical (unpaired) electrons. The van der Waals surface area contributed by atoms with Crippen LogP contribution in [0.5, 0.6) is 0 Å². The molecule has 30 heavy (non-hydrogen) atoms. The Balaban J connectivity index is 1.64. The van der Waals surface area contributed by atoms with Crippen molar-refractivity contribution in [2.75, 3.05) is 0 Å². The highest BCUT2D eigenvalue weighted by Gasteiger charge is 2.64. The minimum absolute atomic E-state index is 0.132. The summed E-state index contributed by atoms with van der Waals surface area (Å²) in [7, 11) is -3.18. The summed E-state index contributed by atoms with van der Waals surface area (Å²) in [5.41, 5.74) is 0.215. The van der Waals surface area contributed by atoms with Gasteiger partial charge in [0, 0.05) is 24.0 Å². The molecule has 172 valence electrons. The van der Waals surface area contributed by atoms with E-state index in [1.165, 1.54) is 32.1 Å². The minimum Gasteiger partial charge on any atom is -0.415 e. The van der Waals surface area contributed by atoms with Crippen molar-refractivity contribution in [3.8, 4) is 0 Å². The zero-order valence-electron chi connectivity index (χ0n) is 20.8. The number of hydrogen-bond acceptors (Lipinski definition) is 3. The van der Waals surface area contributed by atoms with Gasteiger partial charge in [0.25, 0.3) is 0 Å². The van der Waals surface area contributed by atoms with E-state index in [9.17, 15) is 4.79 Å². The molecule has 4 saturated carbocycles. The average Bonchev–Trinajstić information content (AvgIpc) is 2.87. The summed E-state index contributed by atoms with van der Waals surface area (Å²) in [6.07, 6.45) is 9.97. The van der Waals surface area contributed by atoms with Crippen molar-refractivity contribution < 1.29 is 13.6 Å². The van der Waals surface area contributed by atoms with Gasteiger partial charge in [0.2, 0.25) is 0 Å². The molecule has 0 aromatic rings. The molecule has 4 aliphatic rings. The summed E-state index contributed by atoms with van der Waals surface area (Å²) in [5.74, 6) is 3.16. The molecular weight excluding hydrogens is 404 g/mol. The molecule has 0 heterocycles. The standard InChI is InChI=1S/C25H46O3Si2/c1-24-14-13-18(27-29(3,4)5)15-17(24)9-10-19-20-11-12-22(26)25(20,2)16-21(23(19)24)28-30(6,7)8/h17-21,23H,9-16H2,1-8H3/t17-,18-,19+,20+,21+,23-,24+,25+/m1/s1. The van der Waals surface area contributed by atoms with Gasteiger partial charge in [0.05, 0.1) is 0 Å². The molecule has 5 heteroatoms. The molecule has 0 amide bonds. The van der Waals surface area contributed by atoms with Crippen molar-refractivity contribution in [2.24, 2.45) is 34.5 Å². The summed E-state index contributed by atoms with van der Waals surface area (Å²) in [4.78, 5) is 13.0. The molecule has 0 bridgehead atoms. The number of Topliss-reactive ketones (excluding diaryl/α,β-unsaturated/α-hetero) is 1. The first-order valence-electron chi connectivity index (χ1n) is 12.6. The van der Waals surface area contributed by atoms with Gasteiger partial charge in [-0.15, -0.1) is 0 Å². The molecule has 3 nitrogen and oxygen atoms in total. The van der Waals surface area contributed by atoms with Crippen LogP contribution in [0.4, 0.5) is 0 Å². The van der Waals surface area contributed by atoms with Gasteiger partial charge in [-0.25, -0.2) is 0 Å². The Morgan fingerprint density at radius 2 is 1.57 bits per heavy atom. The van der Waals surface area contributed by atoms with Gasteiger partial charge >= 0.3 is 0 Å². The van der Waals surface area contributed by atoms with Gasteiger partial charge < -0.3 is 8.85 Å². The van der Waals surface area contributed by atoms with Crippen LogP contribution in [0.2, 0.25) is 39.3 Å². The van der Waals surface area contributed by atoms with E-state index in [4.69, 9.17) is 8.85 Å². The highest BCUT2D eigenvalue weighted by atomic mass is 28.4. The van der Waals surface area contributed by atoms with Crippen molar-refractivity contribution in [1.29, 1.82) is 0 Å². The third-order valence-electron chi connectivity index (χ3n) is 9.26. The predicted octanol–water partition coefficient (Wildman–Crippen LogP) is 6.65. The van der Waals surface area contributed by atoms with Gasteiger partial charge in [0.1, 0.15) is 5.78 Å². The topological polar surface area (TPSA) is 35.5 Å². The number of carbonyl (C=O) groups is 1. The van der Waals surface area contributed by atoms with Crippen LogP contribution in [0.3, 0.4) is 0 Å². The molecule has 4 rings (SSSR count). The normalized spacial score (nSPS) is 46.9. The lowest BCUT2D eigenvalue weighted by molar-refractivity contribution is -0.170. The fourth-order valence-corrected chi connectivity index (χ4v) is 10.6. The summed E-state index contributed by atoms with van der Waals surface area (Å²) in [6.45, 7) is 18.9. The monoisotopic (exact) mass is 450 g/mol. The number of ketones is 1. The average molecular weight is 451 g/mol.